The van der Waals surface area contributed by atoms with E-state index in [1.165, 1.54) is 36.4 Å². The molecular weight excluding hydrogens is 425 g/mol. The predicted molar refractivity (Wildman–Crippen MR) is 122 cm³/mol. The molecule has 4 rings (SSSR count). The van der Waals surface area contributed by atoms with Crippen molar-refractivity contribution in [3.63, 3.8) is 0 Å². The average molecular weight is 456 g/mol. The molecule has 1 atom stereocenters. The van der Waals surface area contributed by atoms with Gasteiger partial charge >= 0.3 is 0 Å². The summed E-state index contributed by atoms with van der Waals surface area (Å²) in [6, 6.07) is 12.3. The van der Waals surface area contributed by atoms with Crippen LogP contribution in [0, 0.1) is 27.8 Å². The lowest BCUT2D eigenvalue weighted by atomic mass is 9.96. The highest BCUT2D eigenvalue weighted by molar-refractivity contribution is 5.94. The Balaban J connectivity index is 1.15. The Labute approximate surface area is 193 Å². The number of likely N-dealkylation sites (tertiary alicyclic amines) is 2. The van der Waals surface area contributed by atoms with E-state index in [1.54, 1.807) is 12.1 Å². The molecule has 2 aromatic carbocycles. The summed E-state index contributed by atoms with van der Waals surface area (Å²) in [5.41, 5.74) is 1.49. The van der Waals surface area contributed by atoms with Crippen molar-refractivity contribution >= 4 is 11.6 Å². The average Bonchev–Trinajstić information content (AvgIpc) is 3.29. The monoisotopic (exact) mass is 455 g/mol. The lowest BCUT2D eigenvalue weighted by Gasteiger charge is -2.33. The normalized spacial score (nSPS) is 19.7. The van der Waals surface area contributed by atoms with Crippen molar-refractivity contribution < 1.29 is 18.8 Å². The number of nitrogens with zero attached hydrogens (tertiary/aromatic N) is 3. The third kappa shape index (κ3) is 6.36. The van der Waals surface area contributed by atoms with Gasteiger partial charge in [0.05, 0.1) is 11.5 Å². The Bertz CT molecular complexity index is 943. The van der Waals surface area contributed by atoms with Crippen molar-refractivity contribution in [3.8, 4) is 0 Å². The summed E-state index contributed by atoms with van der Waals surface area (Å²) in [7, 11) is 0. The van der Waals surface area contributed by atoms with E-state index in [1.807, 2.05) is 4.90 Å². The zero-order valence-electron chi connectivity index (χ0n) is 18.7. The number of nitro groups is 1. The summed E-state index contributed by atoms with van der Waals surface area (Å²) in [6.07, 6.45) is 3.18. The van der Waals surface area contributed by atoms with Crippen molar-refractivity contribution in [2.75, 3.05) is 39.3 Å². The van der Waals surface area contributed by atoms with E-state index in [2.05, 4.69) is 4.90 Å². The first-order chi connectivity index (χ1) is 16.0. The second-order valence-electron chi connectivity index (χ2n) is 9.10. The van der Waals surface area contributed by atoms with Crippen LogP contribution >= 0.6 is 0 Å². The number of amides is 1. The summed E-state index contributed by atoms with van der Waals surface area (Å²) >= 11 is 0. The molecule has 2 aromatic rings. The molecule has 2 heterocycles. The quantitative estimate of drug-likeness (QED) is 0.442. The highest BCUT2D eigenvalue weighted by Crippen LogP contribution is 2.24. The second kappa shape index (κ2) is 10.9. The van der Waals surface area contributed by atoms with Crippen LogP contribution in [0.1, 0.15) is 35.2 Å². The number of nitro benzene ring substituents is 1. The fourth-order valence-corrected chi connectivity index (χ4v) is 4.70. The maximum absolute atomic E-state index is 13.0. The molecule has 2 fully saturated rings. The number of ether oxygens (including phenoxy) is 1. The van der Waals surface area contributed by atoms with Crippen LogP contribution in [0.2, 0.25) is 0 Å². The fourth-order valence-electron chi connectivity index (χ4n) is 4.70. The Morgan fingerprint density at radius 2 is 1.67 bits per heavy atom. The van der Waals surface area contributed by atoms with Gasteiger partial charge in [0.2, 0.25) is 0 Å². The maximum Gasteiger partial charge on any atom is 0.269 e. The second-order valence-corrected chi connectivity index (χ2v) is 9.10. The van der Waals surface area contributed by atoms with Gasteiger partial charge in [-0.15, -0.1) is 0 Å². The number of non-ortho nitro benzene ring substituents is 1. The van der Waals surface area contributed by atoms with Crippen LogP contribution in [0.15, 0.2) is 48.5 Å². The van der Waals surface area contributed by atoms with Crippen molar-refractivity contribution in [2.24, 2.45) is 11.8 Å². The summed E-state index contributed by atoms with van der Waals surface area (Å²) in [5, 5.41) is 10.8. The van der Waals surface area contributed by atoms with Crippen molar-refractivity contribution in [1.29, 1.82) is 0 Å². The van der Waals surface area contributed by atoms with Gasteiger partial charge in [0, 0.05) is 43.9 Å². The summed E-state index contributed by atoms with van der Waals surface area (Å²) < 4.78 is 18.8. The minimum absolute atomic E-state index is 0.00453. The van der Waals surface area contributed by atoms with Gasteiger partial charge in [0.15, 0.2) is 0 Å². The van der Waals surface area contributed by atoms with E-state index in [-0.39, 0.29) is 17.4 Å². The van der Waals surface area contributed by atoms with Crippen LogP contribution in [0.25, 0.3) is 0 Å². The van der Waals surface area contributed by atoms with Crippen LogP contribution in [0.3, 0.4) is 0 Å². The van der Waals surface area contributed by atoms with Gasteiger partial charge in [-0.25, -0.2) is 4.39 Å². The lowest BCUT2D eigenvalue weighted by molar-refractivity contribution is -0.384. The molecule has 2 aliphatic rings. The summed E-state index contributed by atoms with van der Waals surface area (Å²) in [6.45, 7) is 5.78. The van der Waals surface area contributed by atoms with Crippen LogP contribution < -0.4 is 0 Å². The smallest absolute Gasteiger partial charge is 0.269 e. The Hall–Kier alpha value is -2.84. The zero-order chi connectivity index (χ0) is 23.2. The van der Waals surface area contributed by atoms with Gasteiger partial charge in [0.1, 0.15) is 5.82 Å². The van der Waals surface area contributed by atoms with Gasteiger partial charge in [-0.2, -0.15) is 0 Å². The maximum atomic E-state index is 13.0. The first-order valence-corrected chi connectivity index (χ1v) is 11.6. The molecule has 0 bridgehead atoms. The third-order valence-electron chi connectivity index (χ3n) is 6.66. The number of hydrogen-bond donors (Lipinski definition) is 0. The molecule has 2 saturated heterocycles. The highest BCUT2D eigenvalue weighted by atomic mass is 19.1. The molecule has 1 unspecified atom stereocenters. The van der Waals surface area contributed by atoms with Crippen LogP contribution in [-0.2, 0) is 11.3 Å². The standard InChI is InChI=1S/C25H30FN3O4/c26-23-5-1-19(2-6-23)17-33-18-20-9-12-27(13-10-20)15-21-11-14-28(16-21)25(30)22-3-7-24(8-4-22)29(31)32/h1-8,20-21H,9-18H2. The Morgan fingerprint density at radius 1 is 1.00 bits per heavy atom. The number of piperidine rings is 1. The largest absolute Gasteiger partial charge is 0.376 e. The third-order valence-corrected chi connectivity index (χ3v) is 6.66. The van der Waals surface area contributed by atoms with E-state index in [4.69, 9.17) is 4.74 Å². The fraction of sp³-hybridized carbons (Fsp3) is 0.480. The highest BCUT2D eigenvalue weighted by Gasteiger charge is 2.29. The van der Waals surface area contributed by atoms with Crippen molar-refractivity contribution in [2.45, 2.75) is 25.9 Å². The number of carbonyl (C=O) groups is 1. The van der Waals surface area contributed by atoms with Gasteiger partial charge < -0.3 is 14.5 Å². The molecule has 176 valence electrons. The van der Waals surface area contributed by atoms with Gasteiger partial charge in [-0.1, -0.05) is 12.1 Å². The molecule has 7 nitrogen and oxygen atoms in total. The Kier molecular flexibility index (Phi) is 7.67. The number of hydrogen-bond acceptors (Lipinski definition) is 5. The lowest BCUT2D eigenvalue weighted by Crippen LogP contribution is -2.39. The van der Waals surface area contributed by atoms with E-state index < -0.39 is 4.92 Å². The molecule has 33 heavy (non-hydrogen) atoms. The number of benzene rings is 2. The molecule has 2 aliphatic heterocycles. The molecule has 1 amide bonds. The molecule has 0 saturated carbocycles. The predicted octanol–water partition coefficient (Wildman–Crippen LogP) is 4.12. The van der Waals surface area contributed by atoms with E-state index in [9.17, 15) is 19.3 Å². The van der Waals surface area contributed by atoms with Gasteiger partial charge in [-0.05, 0) is 74.0 Å². The first kappa shape index (κ1) is 23.3. The number of rotatable bonds is 8. The molecule has 0 radical (unpaired) electrons. The van der Waals surface area contributed by atoms with E-state index in [0.29, 0.717) is 24.0 Å². The number of halogens is 1. The Morgan fingerprint density at radius 3 is 2.33 bits per heavy atom. The summed E-state index contributed by atoms with van der Waals surface area (Å²) in [4.78, 5) is 27.4. The van der Waals surface area contributed by atoms with Crippen LogP contribution in [0.5, 0.6) is 0 Å². The molecule has 0 aromatic heterocycles. The first-order valence-electron chi connectivity index (χ1n) is 11.6. The minimum Gasteiger partial charge on any atom is -0.376 e. The van der Waals surface area contributed by atoms with Crippen LogP contribution in [-0.4, -0.2) is 60.0 Å². The molecule has 0 aliphatic carbocycles. The summed E-state index contributed by atoms with van der Waals surface area (Å²) in [5.74, 6) is 0.723. The van der Waals surface area contributed by atoms with Crippen LogP contribution in [0.4, 0.5) is 10.1 Å². The zero-order valence-corrected chi connectivity index (χ0v) is 18.7. The van der Waals surface area contributed by atoms with E-state index in [0.717, 1.165) is 64.2 Å². The molecule has 8 heteroatoms. The van der Waals surface area contributed by atoms with Crippen molar-refractivity contribution in [1.82, 2.24) is 9.80 Å². The number of carbonyl (C=O) groups excluding carboxylic acids is 1. The topological polar surface area (TPSA) is 75.9 Å². The van der Waals surface area contributed by atoms with Gasteiger partial charge in [-0.3, -0.25) is 14.9 Å². The molecule has 0 spiro atoms. The molecular formula is C25H30FN3O4. The molecule has 0 N–H and O–H groups in total. The minimum atomic E-state index is -0.457. The van der Waals surface area contributed by atoms with Gasteiger partial charge in [0.25, 0.3) is 11.6 Å². The SMILES string of the molecule is O=C(c1ccc([N+](=O)[O-])cc1)N1CCC(CN2CCC(COCc3ccc(F)cc3)CC2)C1. The van der Waals surface area contributed by atoms with E-state index >= 15 is 0 Å². The van der Waals surface area contributed by atoms with Crippen molar-refractivity contribution in [3.05, 3.63) is 75.6 Å².